The largest absolute Gasteiger partial charge is 0.573 e. The summed E-state index contributed by atoms with van der Waals surface area (Å²) in [4.78, 5) is 53.5. The number of aliphatic hydroxyl groups is 1. The van der Waals surface area contributed by atoms with Crippen LogP contribution in [0.2, 0.25) is 0 Å². The summed E-state index contributed by atoms with van der Waals surface area (Å²) in [5, 5.41) is 21.0. The highest BCUT2D eigenvalue weighted by Crippen LogP contribution is 2.23. The van der Waals surface area contributed by atoms with Gasteiger partial charge in [-0.05, 0) is 47.4 Å². The minimum atomic E-state index is -4.89. The first-order valence-electron chi connectivity index (χ1n) is 17.4. The number of hydrogen-bond donors (Lipinski definition) is 6. The lowest BCUT2D eigenvalue weighted by Crippen LogP contribution is -2.58. The zero-order valence-electron chi connectivity index (χ0n) is 30.3. The van der Waals surface area contributed by atoms with Gasteiger partial charge >= 0.3 is 6.36 Å². The Hall–Kier alpha value is -4.17. The third-order valence-electron chi connectivity index (χ3n) is 9.01. The lowest BCUT2D eigenvalue weighted by Gasteiger charge is -2.31. The lowest BCUT2D eigenvalue weighted by atomic mass is 9.93. The van der Waals surface area contributed by atoms with Gasteiger partial charge in [0.2, 0.25) is 23.6 Å². The second-order valence-corrected chi connectivity index (χ2v) is 13.4. The van der Waals surface area contributed by atoms with Gasteiger partial charge in [0.15, 0.2) is 0 Å². The number of aliphatic hydroxyl groups excluding tert-OH is 1. The van der Waals surface area contributed by atoms with E-state index in [1.807, 2.05) is 65.0 Å². The van der Waals surface area contributed by atoms with E-state index < -0.39 is 65.9 Å². The summed E-state index contributed by atoms with van der Waals surface area (Å²) in [6, 6.07) is 10.2. The number of ether oxygens (including phenoxy) is 1. The Bertz CT molecular complexity index is 1410. The molecule has 0 saturated heterocycles. The normalized spacial score (nSPS) is 15.8. The van der Waals surface area contributed by atoms with Gasteiger partial charge in [-0.1, -0.05) is 96.8 Å². The summed E-state index contributed by atoms with van der Waals surface area (Å²) >= 11 is 0. The van der Waals surface area contributed by atoms with Crippen molar-refractivity contribution in [2.45, 2.75) is 110 Å². The Morgan fingerprint density at radius 3 is 1.80 bits per heavy atom. The summed E-state index contributed by atoms with van der Waals surface area (Å²) < 4.78 is 42.1. The Labute approximate surface area is 298 Å². The third-order valence-corrected chi connectivity index (χ3v) is 9.01. The molecule has 0 fully saturated rings. The lowest BCUT2D eigenvalue weighted by molar-refractivity contribution is -0.274. The predicted molar refractivity (Wildman–Crippen MR) is 188 cm³/mol. The summed E-state index contributed by atoms with van der Waals surface area (Å²) in [5.41, 5.74) is 7.69. The van der Waals surface area contributed by atoms with Crippen molar-refractivity contribution in [2.75, 3.05) is 6.61 Å². The van der Waals surface area contributed by atoms with Crippen molar-refractivity contribution in [3.05, 3.63) is 65.7 Å². The number of rotatable bonds is 20. The summed E-state index contributed by atoms with van der Waals surface area (Å²) in [5.74, 6) is -3.10. The van der Waals surface area contributed by atoms with Crippen LogP contribution in [0.1, 0.15) is 71.9 Å². The van der Waals surface area contributed by atoms with Gasteiger partial charge in [-0.25, -0.2) is 0 Å². The van der Waals surface area contributed by atoms with Crippen molar-refractivity contribution in [1.82, 2.24) is 21.3 Å². The van der Waals surface area contributed by atoms with E-state index in [4.69, 9.17) is 5.73 Å². The molecule has 2 rings (SSSR count). The predicted octanol–water partition coefficient (Wildman–Crippen LogP) is 3.77. The van der Waals surface area contributed by atoms with Crippen LogP contribution in [-0.4, -0.2) is 71.9 Å². The van der Waals surface area contributed by atoms with Crippen molar-refractivity contribution in [3.8, 4) is 5.75 Å². The molecule has 11 nitrogen and oxygen atoms in total. The number of halogens is 3. The van der Waals surface area contributed by atoms with E-state index in [0.29, 0.717) is 12.8 Å². The van der Waals surface area contributed by atoms with Gasteiger partial charge in [-0.15, -0.1) is 13.2 Å². The van der Waals surface area contributed by atoms with E-state index in [1.165, 1.54) is 12.1 Å². The highest BCUT2D eigenvalue weighted by molar-refractivity contribution is 5.90. The molecule has 0 spiro atoms. The Kier molecular flexibility index (Phi) is 17.4. The van der Waals surface area contributed by atoms with Crippen LogP contribution < -0.4 is 31.7 Å². The van der Waals surface area contributed by atoms with E-state index in [2.05, 4.69) is 26.0 Å². The Morgan fingerprint density at radius 1 is 0.765 bits per heavy atom. The molecule has 4 amide bonds. The van der Waals surface area contributed by atoms with Gasteiger partial charge in [-0.3, -0.25) is 19.2 Å². The van der Waals surface area contributed by atoms with Gasteiger partial charge in [0.05, 0.1) is 19.1 Å². The van der Waals surface area contributed by atoms with E-state index in [1.54, 1.807) is 6.92 Å². The fourth-order valence-electron chi connectivity index (χ4n) is 5.40. The number of hydrogen-bond acceptors (Lipinski definition) is 7. The van der Waals surface area contributed by atoms with Gasteiger partial charge in [0.25, 0.3) is 0 Å². The van der Waals surface area contributed by atoms with Gasteiger partial charge < -0.3 is 36.8 Å². The second-order valence-electron chi connectivity index (χ2n) is 13.4. The second kappa shape index (κ2) is 20.6. The van der Waals surface area contributed by atoms with E-state index in [0.717, 1.165) is 17.7 Å². The maximum absolute atomic E-state index is 13.8. The van der Waals surface area contributed by atoms with Crippen molar-refractivity contribution >= 4 is 23.6 Å². The molecule has 7 atom stereocenters. The molecule has 0 aliphatic carbocycles. The van der Waals surface area contributed by atoms with E-state index in [-0.39, 0.29) is 49.2 Å². The average molecular weight is 722 g/mol. The van der Waals surface area contributed by atoms with Crippen LogP contribution in [0.15, 0.2) is 54.6 Å². The van der Waals surface area contributed by atoms with Crippen LogP contribution in [0.5, 0.6) is 5.75 Å². The maximum Gasteiger partial charge on any atom is 0.573 e. The minimum Gasteiger partial charge on any atom is -0.406 e. The first-order valence-corrected chi connectivity index (χ1v) is 17.4. The molecule has 2 aromatic rings. The number of nitrogens with one attached hydrogen (secondary N) is 4. The fourth-order valence-corrected chi connectivity index (χ4v) is 5.40. The molecule has 0 heterocycles. The maximum atomic E-state index is 13.8. The number of carbonyl (C=O) groups is 4. The van der Waals surface area contributed by atoms with Gasteiger partial charge in [0, 0.05) is 18.5 Å². The van der Waals surface area contributed by atoms with E-state index >= 15 is 0 Å². The molecule has 51 heavy (non-hydrogen) atoms. The molecule has 0 aliphatic rings. The molecule has 0 saturated carbocycles. The van der Waals surface area contributed by atoms with E-state index in [9.17, 15) is 37.5 Å². The van der Waals surface area contributed by atoms with Crippen LogP contribution in [0, 0.1) is 17.8 Å². The molecule has 14 heteroatoms. The zero-order valence-corrected chi connectivity index (χ0v) is 30.3. The van der Waals surface area contributed by atoms with Gasteiger partial charge in [-0.2, -0.15) is 0 Å². The SMILES string of the molecule is CC[C@H](C)[C@H](NC(=O)C[C@H](N)[C@H](Cc1ccccc1)NC(=O)[C@@H](NC(=O)Cc1cccc(OC(F)(F)F)c1)[C@@H](C)CC)C(=O)NC(CO)C(C)C. The van der Waals surface area contributed by atoms with Crippen molar-refractivity contribution in [2.24, 2.45) is 23.5 Å². The number of amides is 4. The van der Waals surface area contributed by atoms with Crippen LogP contribution in [0.3, 0.4) is 0 Å². The fraction of sp³-hybridized carbons (Fsp3) is 0.568. The monoisotopic (exact) mass is 721 g/mol. The van der Waals surface area contributed by atoms with Crippen LogP contribution >= 0.6 is 0 Å². The van der Waals surface area contributed by atoms with Crippen molar-refractivity contribution < 1.29 is 42.2 Å². The van der Waals surface area contributed by atoms with Crippen LogP contribution in [0.25, 0.3) is 0 Å². The summed E-state index contributed by atoms with van der Waals surface area (Å²) in [7, 11) is 0. The molecule has 0 radical (unpaired) electrons. The highest BCUT2D eigenvalue weighted by atomic mass is 19.4. The summed E-state index contributed by atoms with van der Waals surface area (Å²) in [6.45, 7) is 10.8. The van der Waals surface area contributed by atoms with Gasteiger partial charge in [0.1, 0.15) is 17.8 Å². The molecule has 2 aromatic carbocycles. The van der Waals surface area contributed by atoms with Crippen LogP contribution in [-0.2, 0) is 32.0 Å². The molecular formula is C37H54F3N5O6. The molecule has 0 bridgehead atoms. The van der Waals surface area contributed by atoms with Crippen molar-refractivity contribution in [1.29, 1.82) is 0 Å². The third kappa shape index (κ3) is 14.9. The first kappa shape index (κ1) is 43.0. The molecular weight excluding hydrogens is 667 g/mol. The molecule has 0 aromatic heterocycles. The number of alkyl halides is 3. The zero-order chi connectivity index (χ0) is 38.3. The Balaban J connectivity index is 2.24. The standard InChI is InChI=1S/C37H54F3N5O6/c1-7-23(5)33(44-31(47)19-26-15-12-16-27(17-26)51-37(38,39)40)35(49)42-29(18-25-13-10-9-11-14-25)28(41)20-32(48)45-34(24(6)8-2)36(50)43-30(21-46)22(3)4/h9-17,22-24,28-30,33-34,46H,7-8,18-21,41H2,1-6H3,(H,42,49)(H,43,50)(H,44,47)(H,45,48)/t23-,24-,28-,29-,30?,33-,34-/m0/s1. The smallest absolute Gasteiger partial charge is 0.406 e. The molecule has 1 unspecified atom stereocenters. The first-order chi connectivity index (χ1) is 24.0. The summed E-state index contributed by atoms with van der Waals surface area (Å²) in [6.07, 6.45) is -4.06. The number of benzene rings is 2. The average Bonchev–Trinajstić information content (AvgIpc) is 3.06. The topological polar surface area (TPSA) is 172 Å². The molecule has 284 valence electrons. The molecule has 0 aliphatic heterocycles. The van der Waals surface area contributed by atoms with Crippen molar-refractivity contribution in [3.63, 3.8) is 0 Å². The Morgan fingerprint density at radius 2 is 1.29 bits per heavy atom. The highest BCUT2D eigenvalue weighted by Gasteiger charge is 2.33. The minimum absolute atomic E-state index is 0.0314. The quantitative estimate of drug-likeness (QED) is 0.121. The molecule has 7 N–H and O–H groups in total. The number of nitrogens with two attached hydrogens (primary N) is 1. The van der Waals surface area contributed by atoms with Crippen LogP contribution in [0.4, 0.5) is 13.2 Å². The number of carbonyl (C=O) groups excluding carboxylic acids is 4.